The molecule has 9 nitrogen and oxygen atoms in total. The predicted octanol–water partition coefficient (Wildman–Crippen LogP) is 3.58. The highest BCUT2D eigenvalue weighted by atomic mass is 32.2. The minimum atomic E-state index is -3.96. The molecule has 4 atom stereocenters. The summed E-state index contributed by atoms with van der Waals surface area (Å²) in [7, 11) is -2.47. The van der Waals surface area contributed by atoms with Crippen molar-refractivity contribution in [2.45, 2.75) is 26.3 Å². The van der Waals surface area contributed by atoms with Crippen molar-refractivity contribution in [3.63, 3.8) is 0 Å². The van der Waals surface area contributed by atoms with Crippen molar-refractivity contribution in [1.82, 2.24) is 4.90 Å². The molecular weight excluding hydrogens is 518 g/mol. The topological polar surface area (TPSA) is 104 Å². The fourth-order valence-corrected chi connectivity index (χ4v) is 7.37. The summed E-state index contributed by atoms with van der Waals surface area (Å²) in [6, 6.07) is 10.8. The first-order valence-corrected chi connectivity index (χ1v) is 14.2. The van der Waals surface area contributed by atoms with Gasteiger partial charge in [0, 0.05) is 25.3 Å². The Morgan fingerprint density at radius 3 is 2.36 bits per heavy atom. The van der Waals surface area contributed by atoms with Crippen LogP contribution in [0.1, 0.15) is 20.3 Å². The molecule has 0 N–H and O–H groups in total. The Labute approximate surface area is 228 Å². The Morgan fingerprint density at radius 2 is 1.74 bits per heavy atom. The average Bonchev–Trinajstić information content (AvgIpc) is 3.26. The van der Waals surface area contributed by atoms with Crippen LogP contribution in [0.15, 0.2) is 73.0 Å². The van der Waals surface area contributed by atoms with Crippen LogP contribution in [0.25, 0.3) is 10.8 Å². The molecule has 3 aliphatic rings. The van der Waals surface area contributed by atoms with Crippen molar-refractivity contribution in [1.29, 1.82) is 0 Å². The van der Waals surface area contributed by atoms with Crippen LogP contribution in [0.3, 0.4) is 0 Å². The van der Waals surface area contributed by atoms with Crippen LogP contribution in [0.4, 0.5) is 11.4 Å². The number of benzene rings is 2. The quantitative estimate of drug-likeness (QED) is 0.269. The van der Waals surface area contributed by atoms with Gasteiger partial charge in [-0.3, -0.25) is 13.9 Å². The number of ketones is 1. The second kappa shape index (κ2) is 9.68. The lowest BCUT2D eigenvalue weighted by atomic mass is 9.72. The molecule has 0 saturated carbocycles. The molecule has 3 unspecified atom stereocenters. The molecule has 2 aromatic carbocycles. The van der Waals surface area contributed by atoms with Crippen LogP contribution in [0.2, 0.25) is 0 Å². The summed E-state index contributed by atoms with van der Waals surface area (Å²) in [6.07, 6.45) is 3.07. The first-order valence-electron chi connectivity index (χ1n) is 12.8. The Balaban J connectivity index is 1.57. The van der Waals surface area contributed by atoms with Gasteiger partial charge in [0.15, 0.2) is 0 Å². The summed E-state index contributed by atoms with van der Waals surface area (Å²) in [5, 5.41) is 1.78. The molecule has 2 aromatic rings. The van der Waals surface area contributed by atoms with Gasteiger partial charge in [0.2, 0.25) is 5.91 Å². The number of β-lactam (4-membered cyclic amide) rings is 1. The second-order valence-electron chi connectivity index (χ2n) is 10.2. The lowest BCUT2D eigenvalue weighted by molar-refractivity contribution is -0.162. The third-order valence-corrected chi connectivity index (χ3v) is 9.87. The molecule has 0 aromatic heterocycles. The van der Waals surface area contributed by atoms with Crippen molar-refractivity contribution in [2.75, 3.05) is 28.8 Å². The maximum Gasteiger partial charge on any atom is 0.355 e. The average molecular weight is 550 g/mol. The standard InChI is InChI=1S/C29H31N3O6S/c1-6-10-24(33)18(4)25-26-17(3)21(27(32(26)28(25)34)29(35)38-13-7-2)16-31-23-15-20-12-9-8-11-19(20)14-22(23)30(5)39(31,36)37/h6-9,11-12,14-15,17-18,25-26H,1-2,10,13,16H2,3-5H3/t17?,18-,25?,26?/m0/s1. The first kappa shape index (κ1) is 26.7. The molecular formula is C29H31N3O6S. The second-order valence-corrected chi connectivity index (χ2v) is 12.1. The number of fused-ring (bicyclic) bond motifs is 3. The van der Waals surface area contributed by atoms with E-state index in [1.165, 1.54) is 32.7 Å². The third kappa shape index (κ3) is 3.96. The molecule has 0 aliphatic carbocycles. The van der Waals surface area contributed by atoms with Crippen molar-refractivity contribution in [3.05, 3.63) is 73.0 Å². The number of Topliss-reactive ketones (excluding diaryl/α,β-unsaturated/α-hetero) is 1. The number of nitrogens with zero attached hydrogens (tertiary/aromatic N) is 3. The fourth-order valence-electron chi connectivity index (χ4n) is 5.98. The Hall–Kier alpha value is -3.92. The van der Waals surface area contributed by atoms with Crippen LogP contribution in [-0.2, 0) is 29.3 Å². The van der Waals surface area contributed by atoms with E-state index in [0.717, 1.165) is 10.8 Å². The van der Waals surface area contributed by atoms with Gasteiger partial charge in [0.25, 0.3) is 0 Å². The van der Waals surface area contributed by atoms with Crippen molar-refractivity contribution in [2.24, 2.45) is 17.8 Å². The largest absolute Gasteiger partial charge is 0.457 e. The smallest absolute Gasteiger partial charge is 0.355 e. The van der Waals surface area contributed by atoms with Crippen molar-refractivity contribution < 1.29 is 27.5 Å². The van der Waals surface area contributed by atoms with Gasteiger partial charge in [-0.1, -0.05) is 56.8 Å². The van der Waals surface area contributed by atoms with Gasteiger partial charge in [-0.25, -0.2) is 9.10 Å². The van der Waals surface area contributed by atoms with Gasteiger partial charge in [0.1, 0.15) is 18.1 Å². The molecule has 0 spiro atoms. The molecule has 1 saturated heterocycles. The molecule has 1 fully saturated rings. The van der Waals surface area contributed by atoms with E-state index in [0.29, 0.717) is 16.9 Å². The maximum absolute atomic E-state index is 13.6. The number of carbonyl (C=O) groups is 3. The maximum atomic E-state index is 13.6. The molecule has 5 rings (SSSR count). The van der Waals surface area contributed by atoms with E-state index in [1.54, 1.807) is 6.92 Å². The minimum absolute atomic E-state index is 0.0473. The number of esters is 1. The monoisotopic (exact) mass is 549 g/mol. The van der Waals surface area contributed by atoms with Crippen LogP contribution in [-0.4, -0.2) is 57.2 Å². The highest BCUT2D eigenvalue weighted by molar-refractivity contribution is 7.94. The van der Waals surface area contributed by atoms with Crippen LogP contribution in [0, 0.1) is 17.8 Å². The number of rotatable bonds is 9. The zero-order valence-corrected chi connectivity index (χ0v) is 23.0. The predicted molar refractivity (Wildman–Crippen MR) is 149 cm³/mol. The van der Waals surface area contributed by atoms with E-state index >= 15 is 0 Å². The number of anilines is 2. The number of ether oxygens (including phenoxy) is 1. The number of hydrogen-bond acceptors (Lipinski definition) is 6. The zero-order valence-electron chi connectivity index (χ0n) is 22.2. The highest BCUT2D eigenvalue weighted by Crippen LogP contribution is 2.51. The number of amides is 1. The Bertz CT molecular complexity index is 1560. The zero-order chi connectivity index (χ0) is 28.2. The van der Waals surface area contributed by atoms with Gasteiger partial charge in [-0.05, 0) is 28.5 Å². The van der Waals surface area contributed by atoms with E-state index < -0.39 is 34.1 Å². The number of allylic oxidation sites excluding steroid dienone is 1. The summed E-state index contributed by atoms with van der Waals surface area (Å²) in [4.78, 5) is 40.7. The molecule has 204 valence electrons. The normalized spacial score (nSPS) is 23.8. The van der Waals surface area contributed by atoms with E-state index in [1.807, 2.05) is 43.3 Å². The van der Waals surface area contributed by atoms with E-state index in [-0.39, 0.29) is 42.9 Å². The van der Waals surface area contributed by atoms with Crippen LogP contribution < -0.4 is 8.61 Å². The molecule has 3 aliphatic heterocycles. The molecule has 1 amide bonds. The van der Waals surface area contributed by atoms with Crippen LogP contribution >= 0.6 is 0 Å². The van der Waals surface area contributed by atoms with E-state index in [4.69, 9.17) is 4.74 Å². The van der Waals surface area contributed by atoms with Gasteiger partial charge in [-0.15, -0.1) is 6.58 Å². The minimum Gasteiger partial charge on any atom is -0.457 e. The highest BCUT2D eigenvalue weighted by Gasteiger charge is 2.61. The van der Waals surface area contributed by atoms with Gasteiger partial charge < -0.3 is 9.64 Å². The van der Waals surface area contributed by atoms with Gasteiger partial charge in [-0.2, -0.15) is 8.42 Å². The van der Waals surface area contributed by atoms with E-state index in [2.05, 4.69) is 13.2 Å². The molecule has 0 radical (unpaired) electrons. The summed E-state index contributed by atoms with van der Waals surface area (Å²) in [5.74, 6) is -2.75. The van der Waals surface area contributed by atoms with Gasteiger partial charge >= 0.3 is 16.2 Å². The van der Waals surface area contributed by atoms with E-state index in [9.17, 15) is 22.8 Å². The van der Waals surface area contributed by atoms with Crippen LogP contribution in [0.5, 0.6) is 0 Å². The lowest BCUT2D eigenvalue weighted by Crippen LogP contribution is -2.63. The number of hydrogen-bond donors (Lipinski definition) is 0. The Kier molecular flexibility index (Phi) is 6.62. The molecule has 3 heterocycles. The summed E-state index contributed by atoms with van der Waals surface area (Å²) >= 11 is 0. The van der Waals surface area contributed by atoms with Crippen molar-refractivity contribution in [3.8, 4) is 0 Å². The Morgan fingerprint density at radius 1 is 1.10 bits per heavy atom. The first-order chi connectivity index (χ1) is 18.5. The number of carbonyl (C=O) groups excluding carboxylic acids is 3. The van der Waals surface area contributed by atoms with Gasteiger partial charge in [0.05, 0.1) is 29.9 Å². The van der Waals surface area contributed by atoms with Crippen molar-refractivity contribution >= 4 is 50.0 Å². The SMILES string of the molecule is C=CCOC(=O)C1=C(CN2c3cc4ccccc4cc3N(C)S2(=O)=O)C(C)C2C([C@@H](C)C(=O)CC=C)C(=O)N12. The molecule has 0 bridgehead atoms. The summed E-state index contributed by atoms with van der Waals surface area (Å²) in [5.41, 5.74) is 1.54. The molecule has 39 heavy (non-hydrogen) atoms. The third-order valence-electron chi connectivity index (χ3n) is 8.10. The molecule has 10 heteroatoms. The summed E-state index contributed by atoms with van der Waals surface area (Å²) in [6.45, 7) is 10.6. The lowest BCUT2D eigenvalue weighted by Gasteiger charge is -2.47. The summed E-state index contributed by atoms with van der Waals surface area (Å²) < 4.78 is 35.1. The fraction of sp³-hybridized carbons (Fsp3) is 0.345.